The number of nitrogens with zero attached hydrogens (tertiary/aromatic N) is 4. The molecule has 1 saturated carbocycles. The summed E-state index contributed by atoms with van der Waals surface area (Å²) in [6, 6.07) is 2.29. The molecule has 0 unspecified atom stereocenters. The lowest BCUT2D eigenvalue weighted by molar-refractivity contribution is -0.130. The molecule has 2 saturated heterocycles. The second-order valence-corrected chi connectivity index (χ2v) is 6.73. The normalized spacial score (nSPS) is 28.8. The third kappa shape index (κ3) is 3.03. The highest BCUT2D eigenvalue weighted by atomic mass is 16.5. The third-order valence-corrected chi connectivity index (χ3v) is 5.07. The molecular formula is C16H24N4O2. The van der Waals surface area contributed by atoms with Crippen LogP contribution in [0.1, 0.15) is 19.3 Å². The molecule has 0 aromatic carbocycles. The van der Waals surface area contributed by atoms with E-state index in [1.165, 1.54) is 19.4 Å². The number of aromatic nitrogens is 2. The minimum Gasteiger partial charge on any atom is -0.373 e. The van der Waals surface area contributed by atoms with Gasteiger partial charge in [0, 0.05) is 51.5 Å². The first-order valence-electron chi connectivity index (χ1n) is 8.40. The molecule has 1 amide bonds. The van der Waals surface area contributed by atoms with E-state index in [1.54, 1.807) is 6.20 Å². The molecule has 0 radical (unpaired) electrons. The number of fused-ring (bicyclic) bond motifs is 1. The Morgan fingerprint density at radius 1 is 1.32 bits per heavy atom. The van der Waals surface area contributed by atoms with Gasteiger partial charge in [0.25, 0.3) is 0 Å². The first-order chi connectivity index (χ1) is 10.8. The van der Waals surface area contributed by atoms with Crippen LogP contribution in [0.5, 0.6) is 0 Å². The quantitative estimate of drug-likeness (QED) is 0.799. The zero-order chi connectivity index (χ0) is 14.9. The first kappa shape index (κ1) is 14.2. The van der Waals surface area contributed by atoms with Crippen molar-refractivity contribution in [3.8, 4) is 0 Å². The van der Waals surface area contributed by atoms with Crippen LogP contribution in [0.3, 0.4) is 0 Å². The molecule has 0 bridgehead atoms. The predicted molar refractivity (Wildman–Crippen MR) is 81.2 cm³/mol. The number of hydrogen-bond acceptors (Lipinski definition) is 4. The molecule has 6 heteroatoms. The fourth-order valence-corrected chi connectivity index (χ4v) is 3.62. The average molecular weight is 304 g/mol. The van der Waals surface area contributed by atoms with Crippen LogP contribution in [0.15, 0.2) is 18.5 Å². The molecule has 0 spiro atoms. The monoisotopic (exact) mass is 304 g/mol. The summed E-state index contributed by atoms with van der Waals surface area (Å²) < 4.78 is 7.73. The van der Waals surface area contributed by atoms with Crippen LogP contribution in [-0.2, 0) is 16.1 Å². The van der Waals surface area contributed by atoms with E-state index in [0.717, 1.165) is 32.2 Å². The molecule has 1 aromatic rings. The summed E-state index contributed by atoms with van der Waals surface area (Å²) in [7, 11) is 0. The lowest BCUT2D eigenvalue weighted by Gasteiger charge is -2.36. The second-order valence-electron chi connectivity index (χ2n) is 6.73. The number of carbonyl (C=O) groups excluding carboxylic acids is 1. The lowest BCUT2D eigenvalue weighted by Crippen LogP contribution is -2.51. The van der Waals surface area contributed by atoms with Crippen LogP contribution in [0.25, 0.3) is 0 Å². The van der Waals surface area contributed by atoms with E-state index < -0.39 is 0 Å². The molecule has 1 aliphatic carbocycles. The van der Waals surface area contributed by atoms with Gasteiger partial charge in [-0.25, -0.2) is 0 Å². The molecule has 6 nitrogen and oxygen atoms in total. The molecule has 3 aliphatic rings. The maximum absolute atomic E-state index is 12.4. The minimum atomic E-state index is 0.209. The summed E-state index contributed by atoms with van der Waals surface area (Å²) in [6.45, 7) is 5.26. The van der Waals surface area contributed by atoms with Crippen molar-refractivity contribution in [3.05, 3.63) is 18.5 Å². The van der Waals surface area contributed by atoms with Gasteiger partial charge in [0.05, 0.1) is 18.8 Å². The first-order valence-corrected chi connectivity index (χ1v) is 8.40. The van der Waals surface area contributed by atoms with Gasteiger partial charge in [0.15, 0.2) is 0 Å². The molecule has 3 fully saturated rings. The second kappa shape index (κ2) is 6.01. The summed E-state index contributed by atoms with van der Waals surface area (Å²) in [4.78, 5) is 17.0. The van der Waals surface area contributed by atoms with E-state index in [9.17, 15) is 4.79 Å². The fourth-order valence-electron chi connectivity index (χ4n) is 3.62. The fraction of sp³-hybridized carbons (Fsp3) is 0.750. The number of amides is 1. The number of ether oxygens (including phenoxy) is 1. The highest BCUT2D eigenvalue weighted by Crippen LogP contribution is 2.33. The van der Waals surface area contributed by atoms with Crippen molar-refractivity contribution in [3.63, 3.8) is 0 Å². The van der Waals surface area contributed by atoms with Crippen LogP contribution >= 0.6 is 0 Å². The number of rotatable bonds is 5. The van der Waals surface area contributed by atoms with Gasteiger partial charge in [-0.05, 0) is 24.8 Å². The van der Waals surface area contributed by atoms with Crippen molar-refractivity contribution in [2.24, 2.45) is 5.92 Å². The number of aryl methyl sites for hydroxylation is 1. The van der Waals surface area contributed by atoms with Gasteiger partial charge in [0.2, 0.25) is 5.91 Å². The molecule has 1 aromatic heterocycles. The highest BCUT2D eigenvalue weighted by molar-refractivity contribution is 5.76. The van der Waals surface area contributed by atoms with Crippen LogP contribution < -0.4 is 0 Å². The van der Waals surface area contributed by atoms with Crippen LogP contribution in [0, 0.1) is 5.92 Å². The summed E-state index contributed by atoms with van der Waals surface area (Å²) >= 11 is 0. The zero-order valence-corrected chi connectivity index (χ0v) is 12.9. The maximum Gasteiger partial charge on any atom is 0.224 e. The molecule has 4 rings (SSSR count). The molecule has 0 N–H and O–H groups in total. The van der Waals surface area contributed by atoms with E-state index in [4.69, 9.17) is 4.74 Å². The van der Waals surface area contributed by atoms with Gasteiger partial charge >= 0.3 is 0 Å². The Labute approximate surface area is 131 Å². The largest absolute Gasteiger partial charge is 0.373 e. The van der Waals surface area contributed by atoms with Gasteiger partial charge in [-0.2, -0.15) is 5.10 Å². The summed E-state index contributed by atoms with van der Waals surface area (Å²) in [6.07, 6.45) is 7.13. The minimum absolute atomic E-state index is 0.209. The van der Waals surface area contributed by atoms with E-state index in [-0.39, 0.29) is 12.0 Å². The van der Waals surface area contributed by atoms with Crippen molar-refractivity contribution in [1.29, 1.82) is 0 Å². The van der Waals surface area contributed by atoms with Crippen molar-refractivity contribution in [2.75, 3.05) is 32.8 Å². The zero-order valence-electron chi connectivity index (χ0n) is 12.9. The molecule has 3 heterocycles. The standard InChI is InChI=1S/C16H24N4O2/c21-16(4-7-20-6-1-5-17-20)19-11-14-15(12-19)22-9-8-18(14)10-13-2-3-13/h1,5-6,13-15H,2-4,7-12H2/t14-,15-/m0/s1. The molecule has 2 aliphatic heterocycles. The molecule has 2 atom stereocenters. The van der Waals surface area contributed by atoms with Crippen molar-refractivity contribution < 1.29 is 9.53 Å². The molecule has 22 heavy (non-hydrogen) atoms. The average Bonchev–Trinajstić information content (AvgIpc) is 3.04. The highest BCUT2D eigenvalue weighted by Gasteiger charge is 2.42. The predicted octanol–water partition coefficient (Wildman–Crippen LogP) is 0.595. The smallest absolute Gasteiger partial charge is 0.224 e. The number of carbonyl (C=O) groups is 1. The van der Waals surface area contributed by atoms with Gasteiger partial charge in [-0.15, -0.1) is 0 Å². The lowest BCUT2D eigenvalue weighted by atomic mass is 10.1. The van der Waals surface area contributed by atoms with E-state index in [2.05, 4.69) is 10.00 Å². The maximum atomic E-state index is 12.4. The topological polar surface area (TPSA) is 50.6 Å². The van der Waals surface area contributed by atoms with E-state index in [1.807, 2.05) is 21.8 Å². The van der Waals surface area contributed by atoms with Crippen molar-refractivity contribution in [1.82, 2.24) is 19.6 Å². The summed E-state index contributed by atoms with van der Waals surface area (Å²) in [5.74, 6) is 1.11. The number of hydrogen-bond donors (Lipinski definition) is 0. The van der Waals surface area contributed by atoms with E-state index >= 15 is 0 Å². The Kier molecular flexibility index (Phi) is 3.88. The Morgan fingerprint density at radius 2 is 2.23 bits per heavy atom. The van der Waals surface area contributed by atoms with Crippen LogP contribution in [0.2, 0.25) is 0 Å². The number of morpholine rings is 1. The van der Waals surface area contributed by atoms with Gasteiger partial charge in [-0.1, -0.05) is 0 Å². The van der Waals surface area contributed by atoms with Gasteiger partial charge in [0.1, 0.15) is 0 Å². The summed E-state index contributed by atoms with van der Waals surface area (Å²) in [5, 5.41) is 4.15. The van der Waals surface area contributed by atoms with Gasteiger partial charge < -0.3 is 9.64 Å². The summed E-state index contributed by atoms with van der Waals surface area (Å²) in [5.41, 5.74) is 0. The van der Waals surface area contributed by atoms with Crippen molar-refractivity contribution in [2.45, 2.75) is 38.0 Å². The Morgan fingerprint density at radius 3 is 3.00 bits per heavy atom. The third-order valence-electron chi connectivity index (χ3n) is 5.07. The molecular weight excluding hydrogens is 280 g/mol. The molecule has 120 valence electrons. The number of likely N-dealkylation sites (tertiary alicyclic amines) is 1. The van der Waals surface area contributed by atoms with Crippen LogP contribution in [-0.4, -0.2) is 70.4 Å². The Hall–Kier alpha value is -1.40. The van der Waals surface area contributed by atoms with E-state index in [0.29, 0.717) is 19.0 Å². The van der Waals surface area contributed by atoms with Crippen LogP contribution in [0.4, 0.5) is 0 Å². The Balaban J connectivity index is 1.32. The SMILES string of the molecule is O=C(CCn1cccn1)N1C[C@@H]2OCCN(CC3CC3)[C@H]2C1. The van der Waals surface area contributed by atoms with Crippen molar-refractivity contribution >= 4 is 5.91 Å². The van der Waals surface area contributed by atoms with Gasteiger partial charge in [-0.3, -0.25) is 14.4 Å². The Bertz CT molecular complexity index is 514.